The molecule has 0 bridgehead atoms. The predicted molar refractivity (Wildman–Crippen MR) is 81.4 cm³/mol. The summed E-state index contributed by atoms with van der Waals surface area (Å²) in [6.07, 6.45) is 0. The lowest BCUT2D eigenvalue weighted by atomic mass is 9.98. The van der Waals surface area contributed by atoms with E-state index in [1.807, 2.05) is 43.3 Å². The van der Waals surface area contributed by atoms with E-state index in [0.717, 1.165) is 11.1 Å². The molecule has 0 spiro atoms. The zero-order valence-corrected chi connectivity index (χ0v) is 11.8. The van der Waals surface area contributed by atoms with Crippen LogP contribution in [0.4, 0.5) is 0 Å². The number of nitrogens with one attached hydrogen (secondary N) is 2. The lowest BCUT2D eigenvalue weighted by Crippen LogP contribution is -2.42. The molecule has 1 amide bonds. The first-order chi connectivity index (χ1) is 9.72. The largest absolute Gasteiger partial charge is 0.358 e. The van der Waals surface area contributed by atoms with E-state index in [4.69, 9.17) is 0 Å². The zero-order valence-electron chi connectivity index (χ0n) is 11.8. The van der Waals surface area contributed by atoms with Gasteiger partial charge in [0, 0.05) is 7.05 Å². The second kappa shape index (κ2) is 6.87. The van der Waals surface area contributed by atoms with Gasteiger partial charge in [-0.15, -0.1) is 0 Å². The Labute approximate surface area is 120 Å². The topological polar surface area (TPSA) is 41.1 Å². The Morgan fingerprint density at radius 1 is 0.900 bits per heavy atom. The van der Waals surface area contributed by atoms with Gasteiger partial charge in [-0.2, -0.15) is 0 Å². The third-order valence-electron chi connectivity index (χ3n) is 3.32. The van der Waals surface area contributed by atoms with Gasteiger partial charge < -0.3 is 5.32 Å². The van der Waals surface area contributed by atoms with E-state index in [0.29, 0.717) is 0 Å². The number of hydrogen-bond acceptors (Lipinski definition) is 2. The van der Waals surface area contributed by atoms with E-state index >= 15 is 0 Å². The number of carbonyl (C=O) groups excluding carboxylic acids is 1. The normalized spacial score (nSPS) is 12.2. The van der Waals surface area contributed by atoms with Crippen LogP contribution in [0.2, 0.25) is 0 Å². The van der Waals surface area contributed by atoms with Crippen LogP contribution in [-0.2, 0) is 4.79 Å². The summed E-state index contributed by atoms with van der Waals surface area (Å²) in [6.45, 7) is 1.87. The van der Waals surface area contributed by atoms with Gasteiger partial charge in [0.1, 0.15) is 0 Å². The number of rotatable bonds is 5. The fourth-order valence-electron chi connectivity index (χ4n) is 2.22. The fourth-order valence-corrected chi connectivity index (χ4v) is 2.22. The third-order valence-corrected chi connectivity index (χ3v) is 3.32. The van der Waals surface area contributed by atoms with Crippen molar-refractivity contribution in [3.8, 4) is 0 Å². The Hall–Kier alpha value is -2.13. The predicted octanol–water partition coefficient (Wildman–Crippen LogP) is 2.50. The molecule has 3 nitrogen and oxygen atoms in total. The van der Waals surface area contributed by atoms with Gasteiger partial charge in [-0.05, 0) is 18.1 Å². The van der Waals surface area contributed by atoms with Crippen LogP contribution in [0.5, 0.6) is 0 Å². The van der Waals surface area contributed by atoms with Crippen LogP contribution in [0.15, 0.2) is 60.7 Å². The molecule has 0 aliphatic rings. The van der Waals surface area contributed by atoms with Crippen LogP contribution >= 0.6 is 0 Å². The van der Waals surface area contributed by atoms with E-state index in [9.17, 15) is 4.79 Å². The van der Waals surface area contributed by atoms with Crippen molar-refractivity contribution in [2.24, 2.45) is 0 Å². The number of likely N-dealkylation sites (N-methyl/N-ethyl adjacent to an activating group) is 1. The van der Waals surface area contributed by atoms with Crippen LogP contribution < -0.4 is 10.6 Å². The van der Waals surface area contributed by atoms with Gasteiger partial charge in [0.25, 0.3) is 0 Å². The quantitative estimate of drug-likeness (QED) is 0.875. The highest BCUT2D eigenvalue weighted by atomic mass is 16.2. The molecular formula is C17H20N2O. The summed E-state index contributed by atoms with van der Waals surface area (Å²) in [5.41, 5.74) is 2.30. The van der Waals surface area contributed by atoms with E-state index in [1.165, 1.54) is 0 Å². The maximum absolute atomic E-state index is 11.7. The number of benzene rings is 2. The van der Waals surface area contributed by atoms with Gasteiger partial charge >= 0.3 is 0 Å². The Morgan fingerprint density at radius 3 is 1.75 bits per heavy atom. The molecular weight excluding hydrogens is 248 g/mol. The van der Waals surface area contributed by atoms with Crippen molar-refractivity contribution in [1.82, 2.24) is 10.6 Å². The Kier molecular flexibility index (Phi) is 4.91. The molecule has 0 aliphatic carbocycles. The van der Waals surface area contributed by atoms with Gasteiger partial charge in [-0.3, -0.25) is 10.1 Å². The molecule has 0 fully saturated rings. The van der Waals surface area contributed by atoms with E-state index < -0.39 is 0 Å². The molecule has 104 valence electrons. The first kappa shape index (κ1) is 14.3. The molecule has 0 aromatic heterocycles. The molecule has 2 rings (SSSR count). The third kappa shape index (κ3) is 3.45. The summed E-state index contributed by atoms with van der Waals surface area (Å²) < 4.78 is 0. The number of hydrogen-bond donors (Lipinski definition) is 2. The fraction of sp³-hybridized carbons (Fsp3) is 0.235. The van der Waals surface area contributed by atoms with Crippen molar-refractivity contribution >= 4 is 5.91 Å². The monoisotopic (exact) mass is 268 g/mol. The van der Waals surface area contributed by atoms with Crippen molar-refractivity contribution in [3.05, 3.63) is 71.8 Å². The molecule has 1 atom stereocenters. The van der Waals surface area contributed by atoms with Crippen LogP contribution in [-0.4, -0.2) is 19.0 Å². The summed E-state index contributed by atoms with van der Waals surface area (Å²) in [5, 5.41) is 6.06. The number of amides is 1. The van der Waals surface area contributed by atoms with Gasteiger partial charge in [0.15, 0.2) is 0 Å². The lowest BCUT2D eigenvalue weighted by Gasteiger charge is -2.23. The molecule has 3 heteroatoms. The first-order valence-electron chi connectivity index (χ1n) is 6.80. The molecule has 0 aliphatic heterocycles. The second-order valence-corrected chi connectivity index (χ2v) is 4.76. The minimum absolute atomic E-state index is 0.00435. The SMILES string of the molecule is CNC(=O)[C@H](C)NC(c1ccccc1)c1ccccc1. The second-order valence-electron chi connectivity index (χ2n) is 4.76. The summed E-state index contributed by atoms with van der Waals surface area (Å²) in [7, 11) is 1.65. The zero-order chi connectivity index (χ0) is 14.4. The molecule has 0 saturated heterocycles. The molecule has 0 heterocycles. The van der Waals surface area contributed by atoms with Crippen LogP contribution in [0, 0.1) is 0 Å². The highest BCUT2D eigenvalue weighted by Gasteiger charge is 2.19. The van der Waals surface area contributed by atoms with Crippen molar-refractivity contribution < 1.29 is 4.79 Å². The smallest absolute Gasteiger partial charge is 0.236 e. The van der Waals surface area contributed by atoms with E-state index in [1.54, 1.807) is 7.05 Å². The Balaban J connectivity index is 2.28. The molecule has 2 aromatic carbocycles. The summed E-state index contributed by atoms with van der Waals surface area (Å²) in [4.78, 5) is 11.7. The minimum atomic E-state index is -0.259. The molecule has 2 aromatic rings. The highest BCUT2D eigenvalue weighted by Crippen LogP contribution is 2.22. The van der Waals surface area contributed by atoms with E-state index in [-0.39, 0.29) is 18.0 Å². The maximum atomic E-state index is 11.7. The van der Waals surface area contributed by atoms with E-state index in [2.05, 4.69) is 34.9 Å². The highest BCUT2D eigenvalue weighted by molar-refractivity contribution is 5.81. The molecule has 0 unspecified atom stereocenters. The summed E-state index contributed by atoms with van der Waals surface area (Å²) in [6, 6.07) is 20.1. The van der Waals surface area contributed by atoms with Gasteiger partial charge in [-0.1, -0.05) is 60.7 Å². The van der Waals surface area contributed by atoms with Crippen molar-refractivity contribution in [2.75, 3.05) is 7.05 Å². The van der Waals surface area contributed by atoms with Crippen molar-refractivity contribution in [3.63, 3.8) is 0 Å². The van der Waals surface area contributed by atoms with Gasteiger partial charge in [0.2, 0.25) is 5.91 Å². The summed E-state index contributed by atoms with van der Waals surface area (Å²) in [5.74, 6) is -0.0122. The summed E-state index contributed by atoms with van der Waals surface area (Å²) >= 11 is 0. The maximum Gasteiger partial charge on any atom is 0.236 e. The molecule has 0 saturated carbocycles. The van der Waals surface area contributed by atoms with Crippen LogP contribution in [0.1, 0.15) is 24.1 Å². The standard InChI is InChI=1S/C17H20N2O/c1-13(17(20)18-2)19-16(14-9-5-3-6-10-14)15-11-7-4-8-12-15/h3-13,16,19H,1-2H3,(H,18,20)/t13-/m0/s1. The Bertz CT molecular complexity index is 500. The minimum Gasteiger partial charge on any atom is -0.358 e. The van der Waals surface area contributed by atoms with Crippen LogP contribution in [0.25, 0.3) is 0 Å². The molecule has 20 heavy (non-hydrogen) atoms. The lowest BCUT2D eigenvalue weighted by molar-refractivity contribution is -0.122. The Morgan fingerprint density at radius 2 is 1.35 bits per heavy atom. The van der Waals surface area contributed by atoms with Gasteiger partial charge in [-0.25, -0.2) is 0 Å². The average Bonchev–Trinajstić information content (AvgIpc) is 2.53. The first-order valence-corrected chi connectivity index (χ1v) is 6.80. The average molecular weight is 268 g/mol. The van der Waals surface area contributed by atoms with Crippen LogP contribution in [0.3, 0.4) is 0 Å². The van der Waals surface area contributed by atoms with Gasteiger partial charge in [0.05, 0.1) is 12.1 Å². The number of carbonyl (C=O) groups is 1. The van der Waals surface area contributed by atoms with Crippen molar-refractivity contribution in [2.45, 2.75) is 19.0 Å². The molecule has 2 N–H and O–H groups in total. The van der Waals surface area contributed by atoms with Crippen molar-refractivity contribution in [1.29, 1.82) is 0 Å². The molecule has 0 radical (unpaired) electrons.